The van der Waals surface area contributed by atoms with Gasteiger partial charge in [0.25, 0.3) is 15.6 Å². The predicted octanol–water partition coefficient (Wildman–Crippen LogP) is 3.23. The fraction of sp³-hybridized carbons (Fsp3) is 0.150. The molecule has 3 heterocycles. The Balaban J connectivity index is 1.78. The largest absolute Gasteiger partial charge is 0.271 e. The predicted molar refractivity (Wildman–Crippen MR) is 111 cm³/mol. The molecule has 7 nitrogen and oxygen atoms in total. The molecule has 0 aliphatic carbocycles. The highest BCUT2D eigenvalue weighted by molar-refractivity contribution is 7.92. The van der Waals surface area contributed by atoms with Crippen LogP contribution >= 0.6 is 11.6 Å². The van der Waals surface area contributed by atoms with Crippen LogP contribution in [0.1, 0.15) is 11.1 Å². The first-order valence-electron chi connectivity index (χ1n) is 9.18. The van der Waals surface area contributed by atoms with E-state index in [0.29, 0.717) is 11.6 Å². The van der Waals surface area contributed by atoms with Crippen molar-refractivity contribution in [3.8, 4) is 0 Å². The summed E-state index contributed by atoms with van der Waals surface area (Å²) >= 11 is 6.21. The summed E-state index contributed by atoms with van der Waals surface area (Å²) in [5.41, 5.74) is 0.232. The molecule has 5 rings (SSSR count). The van der Waals surface area contributed by atoms with Crippen LogP contribution in [0.25, 0.3) is 16.6 Å². The zero-order chi connectivity index (χ0) is 22.1. The van der Waals surface area contributed by atoms with Gasteiger partial charge in [-0.05, 0) is 37.1 Å². The third-order valence-corrected chi connectivity index (χ3v) is 7.28. The van der Waals surface area contributed by atoms with Crippen molar-refractivity contribution in [1.82, 2.24) is 14.4 Å². The molecule has 0 spiro atoms. The van der Waals surface area contributed by atoms with Gasteiger partial charge in [-0.15, -0.1) is 0 Å². The van der Waals surface area contributed by atoms with E-state index in [9.17, 15) is 22.0 Å². The lowest BCUT2D eigenvalue weighted by molar-refractivity contribution is 0.590. The third-order valence-electron chi connectivity index (χ3n) is 5.22. The van der Waals surface area contributed by atoms with Gasteiger partial charge in [0.05, 0.1) is 10.4 Å². The van der Waals surface area contributed by atoms with Gasteiger partial charge in [0.15, 0.2) is 5.82 Å². The summed E-state index contributed by atoms with van der Waals surface area (Å²) < 4.78 is 56.3. The van der Waals surface area contributed by atoms with Gasteiger partial charge in [-0.1, -0.05) is 17.7 Å². The first-order valence-corrected chi connectivity index (χ1v) is 11.0. The molecule has 0 saturated carbocycles. The Morgan fingerprint density at radius 3 is 2.52 bits per heavy atom. The van der Waals surface area contributed by atoms with E-state index in [-0.39, 0.29) is 40.1 Å². The molecule has 31 heavy (non-hydrogen) atoms. The first-order chi connectivity index (χ1) is 14.7. The smallest absolute Gasteiger partial charge is 0.268 e. The summed E-state index contributed by atoms with van der Waals surface area (Å²) in [5, 5.41) is -0.799. The van der Waals surface area contributed by atoms with E-state index in [1.807, 2.05) is 6.92 Å². The molecule has 2 aromatic heterocycles. The molecule has 158 valence electrons. The zero-order valence-electron chi connectivity index (χ0n) is 15.9. The van der Waals surface area contributed by atoms with Crippen LogP contribution in [-0.2, 0) is 16.4 Å². The topological polar surface area (TPSA) is 84.6 Å². The lowest BCUT2D eigenvalue weighted by Gasteiger charge is -2.19. The van der Waals surface area contributed by atoms with Crippen LogP contribution in [0, 0.1) is 18.6 Å². The lowest BCUT2D eigenvalue weighted by Crippen LogP contribution is -2.30. The summed E-state index contributed by atoms with van der Waals surface area (Å²) in [5.74, 6) is -1.92. The van der Waals surface area contributed by atoms with Crippen molar-refractivity contribution in [1.29, 1.82) is 0 Å². The summed E-state index contributed by atoms with van der Waals surface area (Å²) in [6.07, 6.45) is 0.198. The number of halogens is 3. The van der Waals surface area contributed by atoms with E-state index in [4.69, 9.17) is 11.6 Å². The Labute approximate surface area is 179 Å². The second kappa shape index (κ2) is 6.69. The summed E-state index contributed by atoms with van der Waals surface area (Å²) in [4.78, 5) is 21.3. The van der Waals surface area contributed by atoms with E-state index in [0.717, 1.165) is 20.3 Å². The van der Waals surface area contributed by atoms with Crippen molar-refractivity contribution >= 4 is 44.0 Å². The van der Waals surface area contributed by atoms with Gasteiger partial charge < -0.3 is 0 Å². The molecule has 0 saturated heterocycles. The highest BCUT2D eigenvalue weighted by Crippen LogP contribution is 2.35. The second-order valence-electron chi connectivity index (χ2n) is 7.18. The standard InChI is InChI=1S/C20H13ClF2N4O3S/c1-10-2-4-12(5-3-10)31(29,30)26-7-6-13-17(26)25-20(21)27-18(13)24-15-9-11(22)8-14(23)16(15)19(27)28/h2-5,8-9H,6-7H2,1H3. The molecular weight excluding hydrogens is 450 g/mol. The van der Waals surface area contributed by atoms with Crippen molar-refractivity contribution in [2.75, 3.05) is 10.8 Å². The normalized spacial score (nSPS) is 13.9. The number of anilines is 1. The molecule has 2 aromatic carbocycles. The van der Waals surface area contributed by atoms with Crippen LogP contribution in [0.5, 0.6) is 0 Å². The van der Waals surface area contributed by atoms with Gasteiger partial charge in [-0.2, -0.15) is 0 Å². The second-order valence-corrected chi connectivity index (χ2v) is 9.38. The Hall–Kier alpha value is -3.11. The fourth-order valence-corrected chi connectivity index (χ4v) is 5.41. The Bertz CT molecular complexity index is 1570. The minimum atomic E-state index is -3.94. The third kappa shape index (κ3) is 2.89. The average Bonchev–Trinajstić information content (AvgIpc) is 3.12. The molecule has 0 N–H and O–H groups in total. The quantitative estimate of drug-likeness (QED) is 0.337. The van der Waals surface area contributed by atoms with E-state index in [1.54, 1.807) is 12.1 Å². The van der Waals surface area contributed by atoms with E-state index in [1.165, 1.54) is 12.1 Å². The highest BCUT2D eigenvalue weighted by atomic mass is 35.5. The Morgan fingerprint density at radius 2 is 1.81 bits per heavy atom. The van der Waals surface area contributed by atoms with Crippen LogP contribution in [0.4, 0.5) is 14.6 Å². The maximum absolute atomic E-state index is 14.2. The van der Waals surface area contributed by atoms with Crippen LogP contribution < -0.4 is 9.86 Å². The lowest BCUT2D eigenvalue weighted by atomic mass is 10.2. The summed E-state index contributed by atoms with van der Waals surface area (Å²) in [6.45, 7) is 1.90. The van der Waals surface area contributed by atoms with Gasteiger partial charge in [0.2, 0.25) is 5.28 Å². The van der Waals surface area contributed by atoms with Crippen LogP contribution in [-0.4, -0.2) is 29.3 Å². The Kier molecular flexibility index (Phi) is 4.28. The Morgan fingerprint density at radius 1 is 1.10 bits per heavy atom. The number of aryl methyl sites for hydroxylation is 1. The van der Waals surface area contributed by atoms with Crippen LogP contribution in [0.2, 0.25) is 5.28 Å². The number of nitrogens with zero attached hydrogens (tertiary/aromatic N) is 4. The van der Waals surface area contributed by atoms with Crippen molar-refractivity contribution in [3.63, 3.8) is 0 Å². The van der Waals surface area contributed by atoms with Gasteiger partial charge >= 0.3 is 0 Å². The molecule has 11 heteroatoms. The minimum Gasteiger partial charge on any atom is -0.268 e. The highest BCUT2D eigenvalue weighted by Gasteiger charge is 2.35. The number of benzene rings is 2. The van der Waals surface area contributed by atoms with Gasteiger partial charge in [-0.25, -0.2) is 35.9 Å². The van der Waals surface area contributed by atoms with Crippen molar-refractivity contribution in [3.05, 3.63) is 74.8 Å². The van der Waals surface area contributed by atoms with Gasteiger partial charge in [0.1, 0.15) is 22.7 Å². The van der Waals surface area contributed by atoms with Crippen LogP contribution in [0.15, 0.2) is 46.1 Å². The van der Waals surface area contributed by atoms with Crippen LogP contribution in [0.3, 0.4) is 0 Å². The molecule has 1 aliphatic rings. The monoisotopic (exact) mass is 462 g/mol. The fourth-order valence-electron chi connectivity index (χ4n) is 3.73. The maximum atomic E-state index is 14.2. The number of aromatic nitrogens is 3. The minimum absolute atomic E-state index is 0.0131. The molecule has 0 unspecified atom stereocenters. The summed E-state index contributed by atoms with van der Waals surface area (Å²) in [7, 11) is -3.94. The number of rotatable bonds is 2. The molecule has 0 amide bonds. The van der Waals surface area contributed by atoms with Gasteiger partial charge in [0, 0.05) is 24.2 Å². The molecule has 0 bridgehead atoms. The number of hydrogen-bond donors (Lipinski definition) is 0. The maximum Gasteiger partial charge on any atom is 0.271 e. The molecule has 0 radical (unpaired) electrons. The molecule has 0 atom stereocenters. The molecule has 1 aliphatic heterocycles. The van der Waals surface area contributed by atoms with E-state index in [2.05, 4.69) is 9.97 Å². The van der Waals surface area contributed by atoms with Crippen molar-refractivity contribution in [2.45, 2.75) is 18.2 Å². The SMILES string of the molecule is Cc1ccc(S(=O)(=O)N2CCc3c2nc(Cl)n2c(=O)c4c(F)cc(F)cc4nc32)cc1. The van der Waals surface area contributed by atoms with Crippen molar-refractivity contribution in [2.24, 2.45) is 0 Å². The van der Waals surface area contributed by atoms with Crippen molar-refractivity contribution < 1.29 is 17.2 Å². The molecule has 4 aromatic rings. The molecular formula is C20H13ClF2N4O3S. The first kappa shape index (κ1) is 19.8. The number of sulfonamides is 1. The van der Waals surface area contributed by atoms with E-state index < -0.39 is 32.6 Å². The molecule has 0 fully saturated rings. The average molecular weight is 463 g/mol. The number of fused-ring (bicyclic) bond motifs is 4. The summed E-state index contributed by atoms with van der Waals surface area (Å²) in [6, 6.07) is 7.88. The zero-order valence-corrected chi connectivity index (χ0v) is 17.5. The van der Waals surface area contributed by atoms with E-state index >= 15 is 0 Å². The van der Waals surface area contributed by atoms with Gasteiger partial charge in [-0.3, -0.25) is 4.79 Å². The number of hydrogen-bond acceptors (Lipinski definition) is 5.